The molecule has 0 unspecified atom stereocenters. The fraction of sp³-hybridized carbons (Fsp3) is 0.895. The van der Waals surface area contributed by atoms with E-state index in [2.05, 4.69) is 15.6 Å². The average molecular weight is 385 g/mol. The van der Waals surface area contributed by atoms with Gasteiger partial charge in [-0.2, -0.15) is 0 Å². The molecular formula is C19H36N4O4. The van der Waals surface area contributed by atoms with Crippen LogP contribution in [0, 0.1) is 5.92 Å². The molecule has 2 fully saturated rings. The molecule has 0 aliphatic carbocycles. The molecule has 2 N–H and O–H groups in total. The van der Waals surface area contributed by atoms with Crippen LogP contribution in [0.3, 0.4) is 0 Å². The van der Waals surface area contributed by atoms with Crippen LogP contribution in [-0.2, 0) is 14.2 Å². The minimum absolute atomic E-state index is 0.209. The highest BCUT2D eigenvalue weighted by Crippen LogP contribution is 2.14. The molecule has 2 aliphatic rings. The highest BCUT2D eigenvalue weighted by molar-refractivity contribution is 5.80. The number of carbonyl (C=O) groups is 1. The van der Waals surface area contributed by atoms with Crippen LogP contribution in [0.4, 0.5) is 4.79 Å². The Balaban J connectivity index is 1.52. The van der Waals surface area contributed by atoms with Gasteiger partial charge in [-0.25, -0.2) is 4.79 Å². The standard InChI is InChI=1S/C19H36N4O4/c1-3-27-19(24)23-10-5-17(6-11-23)22-18(20-2)21-9-4-12-26-15-16-7-13-25-14-8-16/h16-17H,3-15H2,1-2H3,(H2,20,21,22). The maximum Gasteiger partial charge on any atom is 0.409 e. The van der Waals surface area contributed by atoms with Crippen molar-refractivity contribution in [3.63, 3.8) is 0 Å². The number of amides is 1. The monoisotopic (exact) mass is 384 g/mol. The predicted octanol–water partition coefficient (Wildman–Crippen LogP) is 1.61. The van der Waals surface area contributed by atoms with Crippen molar-refractivity contribution >= 4 is 12.1 Å². The van der Waals surface area contributed by atoms with E-state index < -0.39 is 0 Å². The molecule has 0 atom stereocenters. The quantitative estimate of drug-likeness (QED) is 0.376. The van der Waals surface area contributed by atoms with E-state index in [1.807, 2.05) is 6.92 Å². The van der Waals surface area contributed by atoms with Crippen LogP contribution in [0.2, 0.25) is 0 Å². The van der Waals surface area contributed by atoms with Gasteiger partial charge in [0.2, 0.25) is 0 Å². The highest BCUT2D eigenvalue weighted by Gasteiger charge is 2.24. The molecule has 156 valence electrons. The van der Waals surface area contributed by atoms with Crippen LogP contribution < -0.4 is 10.6 Å². The molecule has 0 radical (unpaired) electrons. The smallest absolute Gasteiger partial charge is 0.409 e. The Labute approximate surface area is 163 Å². The fourth-order valence-electron chi connectivity index (χ4n) is 3.35. The third-order valence-electron chi connectivity index (χ3n) is 5.04. The average Bonchev–Trinajstić information content (AvgIpc) is 2.71. The Kier molecular flexibility index (Phi) is 10.3. The Morgan fingerprint density at radius 1 is 1.22 bits per heavy atom. The largest absolute Gasteiger partial charge is 0.450 e. The molecule has 0 aromatic rings. The van der Waals surface area contributed by atoms with Crippen molar-refractivity contribution in [3.8, 4) is 0 Å². The summed E-state index contributed by atoms with van der Waals surface area (Å²) in [4.78, 5) is 17.8. The molecule has 27 heavy (non-hydrogen) atoms. The van der Waals surface area contributed by atoms with Gasteiger partial charge >= 0.3 is 6.09 Å². The number of ether oxygens (including phenoxy) is 3. The lowest BCUT2D eigenvalue weighted by atomic mass is 10.0. The van der Waals surface area contributed by atoms with Gasteiger partial charge in [0.1, 0.15) is 0 Å². The third-order valence-corrected chi connectivity index (χ3v) is 5.04. The van der Waals surface area contributed by atoms with Gasteiger partial charge in [0.05, 0.1) is 6.61 Å². The van der Waals surface area contributed by atoms with Crippen LogP contribution in [0.25, 0.3) is 0 Å². The van der Waals surface area contributed by atoms with E-state index >= 15 is 0 Å². The van der Waals surface area contributed by atoms with E-state index in [0.29, 0.717) is 31.7 Å². The Hall–Kier alpha value is -1.54. The number of rotatable bonds is 8. The number of guanidine groups is 1. The van der Waals surface area contributed by atoms with Crippen molar-refractivity contribution in [1.82, 2.24) is 15.5 Å². The van der Waals surface area contributed by atoms with Crippen molar-refractivity contribution in [2.24, 2.45) is 10.9 Å². The number of piperidine rings is 1. The molecule has 0 bridgehead atoms. The molecule has 2 aliphatic heterocycles. The van der Waals surface area contributed by atoms with Gasteiger partial charge in [-0.05, 0) is 44.9 Å². The number of likely N-dealkylation sites (tertiary alicyclic amines) is 1. The number of hydrogen-bond acceptors (Lipinski definition) is 5. The van der Waals surface area contributed by atoms with Gasteiger partial charge < -0.3 is 29.7 Å². The van der Waals surface area contributed by atoms with Gasteiger partial charge in [0, 0.05) is 59.2 Å². The first-order valence-corrected chi connectivity index (χ1v) is 10.3. The zero-order valence-corrected chi connectivity index (χ0v) is 16.9. The van der Waals surface area contributed by atoms with E-state index in [1.54, 1.807) is 11.9 Å². The van der Waals surface area contributed by atoms with Crippen LogP contribution in [-0.4, -0.2) is 82.7 Å². The number of hydrogen-bond donors (Lipinski definition) is 2. The van der Waals surface area contributed by atoms with Gasteiger partial charge in [0.15, 0.2) is 5.96 Å². The maximum absolute atomic E-state index is 11.7. The first kappa shape index (κ1) is 21.8. The Bertz CT molecular complexity index is 447. The topological polar surface area (TPSA) is 84.4 Å². The van der Waals surface area contributed by atoms with Gasteiger partial charge in [-0.15, -0.1) is 0 Å². The summed E-state index contributed by atoms with van der Waals surface area (Å²) >= 11 is 0. The van der Waals surface area contributed by atoms with Crippen molar-refractivity contribution in [3.05, 3.63) is 0 Å². The zero-order valence-electron chi connectivity index (χ0n) is 16.9. The summed E-state index contributed by atoms with van der Waals surface area (Å²) in [6.45, 7) is 7.86. The summed E-state index contributed by atoms with van der Waals surface area (Å²) in [5.41, 5.74) is 0. The molecule has 2 heterocycles. The van der Waals surface area contributed by atoms with Gasteiger partial charge in [-0.1, -0.05) is 0 Å². The van der Waals surface area contributed by atoms with E-state index in [1.165, 1.54) is 0 Å². The third kappa shape index (κ3) is 8.34. The van der Waals surface area contributed by atoms with Crippen molar-refractivity contribution < 1.29 is 19.0 Å². The van der Waals surface area contributed by atoms with Crippen LogP contribution in [0.15, 0.2) is 4.99 Å². The molecule has 2 rings (SSSR count). The summed E-state index contributed by atoms with van der Waals surface area (Å²) in [6, 6.07) is 0.326. The lowest BCUT2D eigenvalue weighted by Crippen LogP contribution is -2.50. The summed E-state index contributed by atoms with van der Waals surface area (Å²) < 4.78 is 16.2. The lowest BCUT2D eigenvalue weighted by Gasteiger charge is -2.32. The number of nitrogens with one attached hydrogen (secondary N) is 2. The Morgan fingerprint density at radius 3 is 2.63 bits per heavy atom. The van der Waals surface area contributed by atoms with E-state index in [-0.39, 0.29) is 6.09 Å². The second-order valence-electron chi connectivity index (χ2n) is 7.09. The highest BCUT2D eigenvalue weighted by atomic mass is 16.6. The number of nitrogens with zero attached hydrogens (tertiary/aromatic N) is 2. The second-order valence-corrected chi connectivity index (χ2v) is 7.09. The van der Waals surface area contributed by atoms with E-state index in [4.69, 9.17) is 14.2 Å². The van der Waals surface area contributed by atoms with E-state index in [9.17, 15) is 4.79 Å². The molecule has 0 spiro atoms. The van der Waals surface area contributed by atoms with Gasteiger partial charge in [-0.3, -0.25) is 4.99 Å². The number of carbonyl (C=O) groups excluding carboxylic acids is 1. The molecule has 0 aromatic carbocycles. The fourth-order valence-corrected chi connectivity index (χ4v) is 3.35. The number of aliphatic imine (C=N–C) groups is 1. The normalized spacial score (nSPS) is 19.8. The summed E-state index contributed by atoms with van der Waals surface area (Å²) in [5, 5.41) is 6.79. The van der Waals surface area contributed by atoms with Crippen molar-refractivity contribution in [2.75, 3.05) is 59.7 Å². The predicted molar refractivity (Wildman–Crippen MR) is 105 cm³/mol. The summed E-state index contributed by atoms with van der Waals surface area (Å²) in [6.07, 6.45) is 4.76. The van der Waals surface area contributed by atoms with Crippen LogP contribution in [0.5, 0.6) is 0 Å². The minimum Gasteiger partial charge on any atom is -0.450 e. The van der Waals surface area contributed by atoms with E-state index in [0.717, 1.165) is 71.0 Å². The van der Waals surface area contributed by atoms with Crippen LogP contribution in [0.1, 0.15) is 39.0 Å². The molecular weight excluding hydrogens is 348 g/mol. The molecule has 0 aromatic heterocycles. The first-order chi connectivity index (χ1) is 13.2. The van der Waals surface area contributed by atoms with Crippen molar-refractivity contribution in [1.29, 1.82) is 0 Å². The maximum atomic E-state index is 11.7. The summed E-state index contributed by atoms with van der Waals surface area (Å²) in [7, 11) is 1.78. The first-order valence-electron chi connectivity index (χ1n) is 10.3. The van der Waals surface area contributed by atoms with Gasteiger partial charge in [0.25, 0.3) is 0 Å². The SMILES string of the molecule is CCOC(=O)N1CCC(NC(=NC)NCCCOCC2CCOCC2)CC1. The van der Waals surface area contributed by atoms with Crippen molar-refractivity contribution in [2.45, 2.75) is 45.1 Å². The second kappa shape index (κ2) is 12.8. The summed E-state index contributed by atoms with van der Waals surface area (Å²) in [5.74, 6) is 1.47. The zero-order chi connectivity index (χ0) is 19.3. The molecule has 8 nitrogen and oxygen atoms in total. The lowest BCUT2D eigenvalue weighted by molar-refractivity contribution is 0.0203. The Morgan fingerprint density at radius 2 is 1.96 bits per heavy atom. The molecule has 1 amide bonds. The molecule has 2 saturated heterocycles. The van der Waals surface area contributed by atoms with Crippen LogP contribution >= 0.6 is 0 Å². The molecule has 8 heteroatoms. The minimum atomic E-state index is -0.209. The molecule has 0 saturated carbocycles.